The maximum atomic E-state index is 11.4. The van der Waals surface area contributed by atoms with E-state index in [1.165, 1.54) is 42.7 Å². The van der Waals surface area contributed by atoms with Gasteiger partial charge in [-0.15, -0.1) is 0 Å². The van der Waals surface area contributed by atoms with Gasteiger partial charge in [-0.3, -0.25) is 14.5 Å². The van der Waals surface area contributed by atoms with Crippen molar-refractivity contribution < 1.29 is 9.59 Å². The minimum Gasteiger partial charge on any atom is -0.275 e. The van der Waals surface area contributed by atoms with Crippen molar-refractivity contribution in [3.05, 3.63) is 12.2 Å². The molecule has 3 aliphatic rings. The van der Waals surface area contributed by atoms with Crippen LogP contribution in [0.2, 0.25) is 0 Å². The van der Waals surface area contributed by atoms with E-state index in [1.54, 1.807) is 0 Å². The van der Waals surface area contributed by atoms with Crippen LogP contribution in [0.5, 0.6) is 0 Å². The summed E-state index contributed by atoms with van der Waals surface area (Å²) in [4.78, 5) is 24.2. The molecule has 2 amide bonds. The van der Waals surface area contributed by atoms with Gasteiger partial charge in [0, 0.05) is 18.7 Å². The first-order valence-electron chi connectivity index (χ1n) is 5.77. The van der Waals surface area contributed by atoms with Gasteiger partial charge in [0.1, 0.15) is 0 Å². The smallest absolute Gasteiger partial charge is 0.253 e. The third-order valence-electron chi connectivity index (χ3n) is 4.20. The van der Waals surface area contributed by atoms with Gasteiger partial charge in [-0.2, -0.15) is 0 Å². The molecule has 0 N–H and O–H groups in total. The number of hydrogen-bond donors (Lipinski definition) is 0. The van der Waals surface area contributed by atoms with Gasteiger partial charge in [-0.05, 0) is 37.0 Å². The number of nitrogens with zero attached hydrogens (tertiary/aromatic N) is 1. The van der Waals surface area contributed by atoms with Crippen LogP contribution >= 0.6 is 0 Å². The Morgan fingerprint density at radius 1 is 1.13 bits per heavy atom. The Hall–Kier alpha value is -1.12. The normalized spacial score (nSPS) is 38.4. The minimum atomic E-state index is -0.122. The number of imide groups is 1. The van der Waals surface area contributed by atoms with Gasteiger partial charge < -0.3 is 0 Å². The highest BCUT2D eigenvalue weighted by Crippen LogP contribution is 2.48. The van der Waals surface area contributed by atoms with E-state index < -0.39 is 0 Å². The van der Waals surface area contributed by atoms with Gasteiger partial charge in [-0.25, -0.2) is 0 Å². The first-order chi connectivity index (χ1) is 7.24. The summed E-state index contributed by atoms with van der Waals surface area (Å²) < 4.78 is 0. The van der Waals surface area contributed by atoms with Crippen molar-refractivity contribution in [1.82, 2.24) is 4.90 Å². The van der Waals surface area contributed by atoms with Crippen molar-refractivity contribution >= 4 is 11.8 Å². The van der Waals surface area contributed by atoms with Crippen LogP contribution in [0.1, 0.15) is 25.7 Å². The lowest BCUT2D eigenvalue weighted by atomic mass is 9.88. The molecule has 2 aliphatic carbocycles. The molecule has 2 saturated carbocycles. The Morgan fingerprint density at radius 3 is 2.40 bits per heavy atom. The fraction of sp³-hybridized carbons (Fsp3) is 0.667. The lowest BCUT2D eigenvalue weighted by Gasteiger charge is -2.25. The molecular formula is C12H15NO2. The maximum absolute atomic E-state index is 11.4. The number of rotatable bonds is 2. The topological polar surface area (TPSA) is 37.4 Å². The summed E-state index contributed by atoms with van der Waals surface area (Å²) in [6.07, 6.45) is 7.99. The van der Waals surface area contributed by atoms with Crippen LogP contribution in [-0.2, 0) is 9.59 Å². The van der Waals surface area contributed by atoms with Crippen LogP contribution in [0, 0.1) is 17.8 Å². The molecule has 3 atom stereocenters. The number of amides is 2. The fourth-order valence-corrected chi connectivity index (χ4v) is 3.45. The minimum absolute atomic E-state index is 0.122. The van der Waals surface area contributed by atoms with Gasteiger partial charge in [0.15, 0.2) is 0 Å². The molecule has 0 aromatic rings. The summed E-state index contributed by atoms with van der Waals surface area (Å²) in [5, 5.41) is 0. The first kappa shape index (κ1) is 9.13. The molecule has 3 heteroatoms. The van der Waals surface area contributed by atoms with E-state index in [0.717, 1.165) is 11.8 Å². The van der Waals surface area contributed by atoms with E-state index >= 15 is 0 Å². The molecule has 3 unspecified atom stereocenters. The zero-order valence-electron chi connectivity index (χ0n) is 8.69. The second-order valence-corrected chi connectivity index (χ2v) is 5.06. The van der Waals surface area contributed by atoms with Gasteiger partial charge in [-0.1, -0.05) is 6.42 Å². The zero-order chi connectivity index (χ0) is 10.4. The Kier molecular flexibility index (Phi) is 1.94. The molecule has 1 heterocycles. The first-order valence-corrected chi connectivity index (χ1v) is 5.77. The van der Waals surface area contributed by atoms with Gasteiger partial charge in [0.25, 0.3) is 11.8 Å². The predicted molar refractivity (Wildman–Crippen MR) is 54.8 cm³/mol. The highest BCUT2D eigenvalue weighted by Gasteiger charge is 2.41. The molecule has 0 saturated heterocycles. The average Bonchev–Trinajstić information content (AvgIpc) is 2.89. The summed E-state index contributed by atoms with van der Waals surface area (Å²) in [7, 11) is 0. The van der Waals surface area contributed by atoms with E-state index in [0.29, 0.717) is 12.5 Å². The van der Waals surface area contributed by atoms with Crippen molar-refractivity contribution in [1.29, 1.82) is 0 Å². The quantitative estimate of drug-likeness (QED) is 0.638. The van der Waals surface area contributed by atoms with Crippen molar-refractivity contribution in [2.75, 3.05) is 6.54 Å². The zero-order valence-corrected chi connectivity index (χ0v) is 8.69. The highest BCUT2D eigenvalue weighted by atomic mass is 16.2. The lowest BCUT2D eigenvalue weighted by Crippen LogP contribution is -2.36. The van der Waals surface area contributed by atoms with Gasteiger partial charge in [0.05, 0.1) is 0 Å². The van der Waals surface area contributed by atoms with Crippen molar-refractivity contribution in [3.63, 3.8) is 0 Å². The Balaban J connectivity index is 1.66. The molecule has 80 valence electrons. The summed E-state index contributed by atoms with van der Waals surface area (Å²) in [5.74, 6) is 1.99. The molecule has 0 radical (unpaired) electrons. The summed E-state index contributed by atoms with van der Waals surface area (Å²) >= 11 is 0. The van der Waals surface area contributed by atoms with Crippen LogP contribution < -0.4 is 0 Å². The molecule has 2 fully saturated rings. The Morgan fingerprint density at radius 2 is 1.87 bits per heavy atom. The van der Waals surface area contributed by atoms with Crippen LogP contribution in [-0.4, -0.2) is 23.3 Å². The summed E-state index contributed by atoms with van der Waals surface area (Å²) in [6.45, 7) is 0.659. The standard InChI is InChI=1S/C12H15NO2/c14-11-3-4-12(15)13(11)7-10-6-8-1-2-9(10)5-8/h3-4,8-10H,1-2,5-7H2. The third kappa shape index (κ3) is 1.41. The number of carbonyl (C=O) groups excluding carboxylic acids is 2. The molecule has 3 rings (SSSR count). The number of fused-ring (bicyclic) bond motifs is 2. The molecule has 15 heavy (non-hydrogen) atoms. The molecule has 3 nitrogen and oxygen atoms in total. The highest BCUT2D eigenvalue weighted by molar-refractivity contribution is 6.12. The molecular weight excluding hydrogens is 190 g/mol. The largest absolute Gasteiger partial charge is 0.275 e. The van der Waals surface area contributed by atoms with Crippen LogP contribution in [0.4, 0.5) is 0 Å². The monoisotopic (exact) mass is 205 g/mol. The maximum Gasteiger partial charge on any atom is 0.253 e. The van der Waals surface area contributed by atoms with Crippen molar-refractivity contribution in [2.45, 2.75) is 25.7 Å². The van der Waals surface area contributed by atoms with E-state index in [2.05, 4.69) is 0 Å². The summed E-state index contributed by atoms with van der Waals surface area (Å²) in [5.41, 5.74) is 0. The van der Waals surface area contributed by atoms with E-state index in [1.807, 2.05) is 0 Å². The SMILES string of the molecule is O=C1C=CC(=O)N1CC1CC2CCC1C2. The van der Waals surface area contributed by atoms with E-state index in [9.17, 15) is 9.59 Å². The fourth-order valence-electron chi connectivity index (χ4n) is 3.45. The molecule has 0 spiro atoms. The van der Waals surface area contributed by atoms with E-state index in [-0.39, 0.29) is 11.8 Å². The molecule has 1 aliphatic heterocycles. The van der Waals surface area contributed by atoms with Gasteiger partial charge in [0.2, 0.25) is 0 Å². The van der Waals surface area contributed by atoms with Crippen molar-refractivity contribution in [2.24, 2.45) is 17.8 Å². The number of hydrogen-bond acceptors (Lipinski definition) is 2. The second-order valence-electron chi connectivity index (χ2n) is 5.06. The average molecular weight is 205 g/mol. The van der Waals surface area contributed by atoms with Crippen LogP contribution in [0.25, 0.3) is 0 Å². The Bertz CT molecular complexity index is 330. The third-order valence-corrected chi connectivity index (χ3v) is 4.20. The summed E-state index contributed by atoms with van der Waals surface area (Å²) in [6, 6.07) is 0. The second kappa shape index (κ2) is 3.19. The predicted octanol–water partition coefficient (Wildman–Crippen LogP) is 1.35. The molecule has 0 aromatic carbocycles. The van der Waals surface area contributed by atoms with Crippen LogP contribution in [0.3, 0.4) is 0 Å². The van der Waals surface area contributed by atoms with Gasteiger partial charge >= 0.3 is 0 Å². The van der Waals surface area contributed by atoms with Crippen LogP contribution in [0.15, 0.2) is 12.2 Å². The lowest BCUT2D eigenvalue weighted by molar-refractivity contribution is -0.137. The number of carbonyl (C=O) groups is 2. The van der Waals surface area contributed by atoms with E-state index in [4.69, 9.17) is 0 Å². The van der Waals surface area contributed by atoms with Crippen molar-refractivity contribution in [3.8, 4) is 0 Å². The molecule has 0 aromatic heterocycles. The molecule has 2 bridgehead atoms. The Labute approximate surface area is 89.1 Å².